The minimum absolute atomic E-state index is 0.0104. The summed E-state index contributed by atoms with van der Waals surface area (Å²) in [4.78, 5) is 13.2. The minimum atomic E-state index is -0.0877. The Morgan fingerprint density at radius 3 is 2.43 bits per heavy atom. The molecule has 1 atom stereocenters. The average molecular weight is 202 g/mol. The van der Waals surface area contributed by atoms with E-state index in [0.717, 1.165) is 0 Å². The Kier molecular flexibility index (Phi) is 6.49. The number of amides is 1. The zero-order valence-electron chi connectivity index (χ0n) is 9.36. The van der Waals surface area contributed by atoms with Gasteiger partial charge in [-0.3, -0.25) is 4.79 Å². The molecule has 84 valence electrons. The van der Waals surface area contributed by atoms with Crippen LogP contribution in [0, 0.1) is 5.92 Å². The van der Waals surface area contributed by atoms with Crippen molar-refractivity contribution in [2.45, 2.75) is 33.2 Å². The fourth-order valence-electron chi connectivity index (χ4n) is 1.15. The summed E-state index contributed by atoms with van der Waals surface area (Å²) >= 11 is 0. The topological polar surface area (TPSA) is 66.6 Å². The van der Waals surface area contributed by atoms with Crippen molar-refractivity contribution < 1.29 is 9.90 Å². The number of aliphatic hydroxyl groups is 1. The second-order valence-corrected chi connectivity index (χ2v) is 3.81. The van der Waals surface area contributed by atoms with Gasteiger partial charge in [0.1, 0.15) is 0 Å². The van der Waals surface area contributed by atoms with Crippen molar-refractivity contribution >= 4 is 5.91 Å². The number of carbonyl (C=O) groups excluding carboxylic acids is 1. The SMILES string of the molecule is CCN(CCO)C(=O)CC(N)C(C)C. The highest BCUT2D eigenvalue weighted by atomic mass is 16.3. The van der Waals surface area contributed by atoms with Gasteiger partial charge >= 0.3 is 0 Å². The van der Waals surface area contributed by atoms with E-state index < -0.39 is 0 Å². The van der Waals surface area contributed by atoms with E-state index in [2.05, 4.69) is 0 Å². The normalized spacial score (nSPS) is 13.0. The van der Waals surface area contributed by atoms with Crippen molar-refractivity contribution in [2.24, 2.45) is 11.7 Å². The highest BCUT2D eigenvalue weighted by molar-refractivity contribution is 5.76. The number of aliphatic hydroxyl groups excluding tert-OH is 1. The summed E-state index contributed by atoms with van der Waals surface area (Å²) in [5, 5.41) is 8.73. The predicted octanol–water partition coefficient (Wildman–Crippen LogP) is 0.201. The molecule has 0 aromatic heterocycles. The predicted molar refractivity (Wildman–Crippen MR) is 56.8 cm³/mol. The van der Waals surface area contributed by atoms with Crippen LogP contribution < -0.4 is 5.73 Å². The van der Waals surface area contributed by atoms with Crippen molar-refractivity contribution in [3.05, 3.63) is 0 Å². The number of nitrogens with zero attached hydrogens (tertiary/aromatic N) is 1. The molecule has 14 heavy (non-hydrogen) atoms. The lowest BCUT2D eigenvalue weighted by atomic mass is 10.0. The van der Waals surface area contributed by atoms with Crippen LogP contribution in [-0.4, -0.2) is 41.7 Å². The van der Waals surface area contributed by atoms with Crippen LogP contribution in [0.25, 0.3) is 0 Å². The zero-order chi connectivity index (χ0) is 11.1. The van der Waals surface area contributed by atoms with Gasteiger partial charge in [-0.05, 0) is 12.8 Å². The standard InChI is InChI=1S/C10H22N2O2/c1-4-12(5-6-13)10(14)7-9(11)8(2)3/h8-9,13H,4-7,11H2,1-3H3. The third-order valence-corrected chi connectivity index (χ3v) is 2.37. The smallest absolute Gasteiger partial charge is 0.224 e. The molecule has 0 fully saturated rings. The lowest BCUT2D eigenvalue weighted by Crippen LogP contribution is -2.39. The van der Waals surface area contributed by atoms with E-state index in [1.165, 1.54) is 0 Å². The van der Waals surface area contributed by atoms with Gasteiger partial charge in [-0.15, -0.1) is 0 Å². The van der Waals surface area contributed by atoms with E-state index in [4.69, 9.17) is 10.8 Å². The first kappa shape index (κ1) is 13.4. The molecule has 0 saturated heterocycles. The van der Waals surface area contributed by atoms with Gasteiger partial charge in [0, 0.05) is 25.6 Å². The molecule has 0 saturated carbocycles. The summed E-state index contributed by atoms with van der Waals surface area (Å²) in [6.45, 7) is 6.94. The van der Waals surface area contributed by atoms with Crippen molar-refractivity contribution in [2.75, 3.05) is 19.7 Å². The summed E-state index contributed by atoms with van der Waals surface area (Å²) in [6.07, 6.45) is 0.367. The van der Waals surface area contributed by atoms with Crippen LogP contribution in [0.4, 0.5) is 0 Å². The maximum Gasteiger partial charge on any atom is 0.224 e. The van der Waals surface area contributed by atoms with E-state index in [0.29, 0.717) is 25.4 Å². The molecule has 3 N–H and O–H groups in total. The molecule has 0 aliphatic rings. The Bertz CT molecular complexity index is 172. The van der Waals surface area contributed by atoms with Crippen molar-refractivity contribution in [3.8, 4) is 0 Å². The maximum absolute atomic E-state index is 11.6. The quantitative estimate of drug-likeness (QED) is 0.646. The molecule has 0 rings (SSSR count). The van der Waals surface area contributed by atoms with Crippen LogP contribution in [0.1, 0.15) is 27.2 Å². The molecule has 0 bridgehead atoms. The molecule has 0 aliphatic carbocycles. The van der Waals surface area contributed by atoms with Gasteiger partial charge in [0.15, 0.2) is 0 Å². The fourth-order valence-corrected chi connectivity index (χ4v) is 1.15. The lowest BCUT2D eigenvalue weighted by Gasteiger charge is -2.23. The molecule has 1 unspecified atom stereocenters. The van der Waals surface area contributed by atoms with Crippen LogP contribution in [0.3, 0.4) is 0 Å². The number of likely N-dealkylation sites (N-methyl/N-ethyl adjacent to an activating group) is 1. The first-order valence-electron chi connectivity index (χ1n) is 5.17. The summed E-state index contributed by atoms with van der Waals surface area (Å²) in [5.74, 6) is 0.342. The summed E-state index contributed by atoms with van der Waals surface area (Å²) in [5.41, 5.74) is 5.80. The molecular formula is C10H22N2O2. The van der Waals surface area contributed by atoms with E-state index in [1.807, 2.05) is 20.8 Å². The van der Waals surface area contributed by atoms with E-state index in [1.54, 1.807) is 4.90 Å². The Labute approximate surface area is 86.1 Å². The van der Waals surface area contributed by atoms with Gasteiger partial charge < -0.3 is 15.7 Å². The van der Waals surface area contributed by atoms with Gasteiger partial charge in [-0.1, -0.05) is 13.8 Å². The second-order valence-electron chi connectivity index (χ2n) is 3.81. The molecule has 0 aromatic rings. The molecule has 0 aromatic carbocycles. The highest BCUT2D eigenvalue weighted by Crippen LogP contribution is 2.05. The van der Waals surface area contributed by atoms with Gasteiger partial charge in [-0.25, -0.2) is 0 Å². The van der Waals surface area contributed by atoms with Crippen LogP contribution in [0.15, 0.2) is 0 Å². The van der Waals surface area contributed by atoms with Crippen LogP contribution in [-0.2, 0) is 4.79 Å². The van der Waals surface area contributed by atoms with Crippen molar-refractivity contribution in [1.82, 2.24) is 4.90 Å². The van der Waals surface area contributed by atoms with Gasteiger partial charge in [0.2, 0.25) is 5.91 Å². The molecule has 0 spiro atoms. The number of nitrogens with two attached hydrogens (primary N) is 1. The van der Waals surface area contributed by atoms with E-state index in [9.17, 15) is 4.79 Å². The Morgan fingerprint density at radius 1 is 1.50 bits per heavy atom. The minimum Gasteiger partial charge on any atom is -0.395 e. The monoisotopic (exact) mass is 202 g/mol. The average Bonchev–Trinajstić information content (AvgIpc) is 2.13. The first-order chi connectivity index (χ1) is 6.52. The summed E-state index contributed by atoms with van der Waals surface area (Å²) in [7, 11) is 0. The number of rotatable bonds is 6. The molecular weight excluding hydrogens is 180 g/mol. The maximum atomic E-state index is 11.6. The van der Waals surface area contributed by atoms with Crippen molar-refractivity contribution in [1.29, 1.82) is 0 Å². The van der Waals surface area contributed by atoms with Gasteiger partial charge in [-0.2, -0.15) is 0 Å². The van der Waals surface area contributed by atoms with Crippen LogP contribution in [0.2, 0.25) is 0 Å². The second kappa shape index (κ2) is 6.79. The van der Waals surface area contributed by atoms with Gasteiger partial charge in [0.25, 0.3) is 0 Å². The van der Waals surface area contributed by atoms with E-state index >= 15 is 0 Å². The number of hydrogen-bond acceptors (Lipinski definition) is 3. The largest absolute Gasteiger partial charge is 0.395 e. The molecule has 0 radical (unpaired) electrons. The molecule has 0 heterocycles. The van der Waals surface area contributed by atoms with Gasteiger partial charge in [0.05, 0.1) is 6.61 Å². The third-order valence-electron chi connectivity index (χ3n) is 2.37. The van der Waals surface area contributed by atoms with Crippen molar-refractivity contribution in [3.63, 3.8) is 0 Å². The number of hydrogen-bond donors (Lipinski definition) is 2. The fraction of sp³-hybridized carbons (Fsp3) is 0.900. The third kappa shape index (κ3) is 4.58. The summed E-state index contributed by atoms with van der Waals surface area (Å²) in [6, 6.07) is -0.0877. The van der Waals surface area contributed by atoms with E-state index in [-0.39, 0.29) is 18.6 Å². The molecule has 0 aliphatic heterocycles. The Hall–Kier alpha value is -0.610. The molecule has 4 heteroatoms. The first-order valence-corrected chi connectivity index (χ1v) is 5.17. The summed E-state index contributed by atoms with van der Waals surface area (Å²) < 4.78 is 0. The van der Waals surface area contributed by atoms with Crippen LogP contribution in [0.5, 0.6) is 0 Å². The Morgan fingerprint density at radius 2 is 2.07 bits per heavy atom. The lowest BCUT2D eigenvalue weighted by molar-refractivity contribution is -0.132. The molecule has 4 nitrogen and oxygen atoms in total. The highest BCUT2D eigenvalue weighted by Gasteiger charge is 2.17. The molecule has 1 amide bonds. The zero-order valence-corrected chi connectivity index (χ0v) is 9.36. The Balaban J connectivity index is 4.03. The number of carbonyl (C=O) groups is 1. The van der Waals surface area contributed by atoms with Crippen LogP contribution >= 0.6 is 0 Å².